The van der Waals surface area contributed by atoms with Gasteiger partial charge in [0, 0.05) is 18.8 Å². The Balaban J connectivity index is 2.27. The highest BCUT2D eigenvalue weighted by atomic mass is 79.9. The highest BCUT2D eigenvalue weighted by Crippen LogP contribution is 2.16. The van der Waals surface area contributed by atoms with E-state index in [2.05, 4.69) is 58.4 Å². The predicted octanol–water partition coefficient (Wildman–Crippen LogP) is 3.13. The zero-order valence-corrected chi connectivity index (χ0v) is 11.6. The van der Waals surface area contributed by atoms with Crippen molar-refractivity contribution in [1.82, 2.24) is 15.1 Å². The minimum absolute atomic E-state index is 0.479. The van der Waals surface area contributed by atoms with Gasteiger partial charge < -0.3 is 5.32 Å². The fourth-order valence-electron chi connectivity index (χ4n) is 1.63. The van der Waals surface area contributed by atoms with Gasteiger partial charge in [0.05, 0.1) is 16.4 Å². The number of nitrogens with zero attached hydrogens (tertiary/aromatic N) is 2. The molecule has 0 fully saturated rings. The van der Waals surface area contributed by atoms with Crippen molar-refractivity contribution >= 4 is 15.9 Å². The summed E-state index contributed by atoms with van der Waals surface area (Å²) in [4.78, 5) is 0. The quantitative estimate of drug-likeness (QED) is 0.939. The summed E-state index contributed by atoms with van der Waals surface area (Å²) in [6.45, 7) is 5.14. The molecule has 0 atom stereocenters. The molecule has 1 heterocycles. The van der Waals surface area contributed by atoms with Crippen molar-refractivity contribution in [3.63, 3.8) is 0 Å². The van der Waals surface area contributed by atoms with Crippen LogP contribution in [0.5, 0.6) is 0 Å². The van der Waals surface area contributed by atoms with Crippen LogP contribution < -0.4 is 5.32 Å². The summed E-state index contributed by atoms with van der Waals surface area (Å²) in [7, 11) is 0. The van der Waals surface area contributed by atoms with Crippen molar-refractivity contribution in [1.29, 1.82) is 0 Å². The van der Waals surface area contributed by atoms with Gasteiger partial charge in [-0.05, 0) is 27.6 Å². The third-order valence-electron chi connectivity index (χ3n) is 2.49. The van der Waals surface area contributed by atoms with Crippen molar-refractivity contribution in [3.05, 3.63) is 46.7 Å². The molecular formula is C13H16BrN3. The summed E-state index contributed by atoms with van der Waals surface area (Å²) in [6.07, 6.45) is 3.76. The Labute approximate surface area is 110 Å². The molecule has 3 nitrogen and oxygen atoms in total. The number of aromatic nitrogens is 2. The van der Waals surface area contributed by atoms with E-state index in [1.807, 2.05) is 16.9 Å². The minimum atomic E-state index is 0.479. The van der Waals surface area contributed by atoms with Crippen molar-refractivity contribution in [2.45, 2.75) is 26.4 Å². The molecule has 90 valence electrons. The lowest BCUT2D eigenvalue weighted by atomic mass is 10.1. The molecule has 0 aliphatic rings. The monoisotopic (exact) mass is 293 g/mol. The van der Waals surface area contributed by atoms with Crippen LogP contribution in [0.2, 0.25) is 0 Å². The Morgan fingerprint density at radius 1 is 1.35 bits per heavy atom. The molecule has 0 saturated heterocycles. The largest absolute Gasteiger partial charge is 0.310 e. The zero-order chi connectivity index (χ0) is 12.3. The van der Waals surface area contributed by atoms with Crippen LogP contribution in [0.4, 0.5) is 0 Å². The molecule has 2 rings (SSSR count). The van der Waals surface area contributed by atoms with E-state index in [1.54, 1.807) is 6.20 Å². The molecule has 2 aromatic rings. The van der Waals surface area contributed by atoms with E-state index in [0.29, 0.717) is 6.04 Å². The second kappa shape index (κ2) is 5.47. The average Bonchev–Trinajstić information content (AvgIpc) is 2.73. The highest BCUT2D eigenvalue weighted by Gasteiger charge is 2.05. The van der Waals surface area contributed by atoms with Gasteiger partial charge in [-0.25, -0.2) is 4.68 Å². The fourth-order valence-corrected chi connectivity index (χ4v) is 1.92. The first-order valence-corrected chi connectivity index (χ1v) is 6.48. The minimum Gasteiger partial charge on any atom is -0.310 e. The van der Waals surface area contributed by atoms with Gasteiger partial charge in [-0.2, -0.15) is 5.10 Å². The molecule has 0 radical (unpaired) electrons. The Bertz CT molecular complexity index is 491. The summed E-state index contributed by atoms with van der Waals surface area (Å²) in [5.41, 5.74) is 2.36. The van der Waals surface area contributed by atoms with Crippen LogP contribution in [0.15, 0.2) is 41.1 Å². The first kappa shape index (κ1) is 12.3. The van der Waals surface area contributed by atoms with Crippen molar-refractivity contribution in [3.8, 4) is 5.69 Å². The third kappa shape index (κ3) is 3.17. The second-order valence-corrected chi connectivity index (χ2v) is 5.18. The summed E-state index contributed by atoms with van der Waals surface area (Å²) < 4.78 is 2.88. The lowest BCUT2D eigenvalue weighted by Gasteiger charge is -2.12. The molecule has 0 bridgehead atoms. The van der Waals surface area contributed by atoms with Crippen LogP contribution >= 0.6 is 15.9 Å². The Kier molecular flexibility index (Phi) is 3.97. The van der Waals surface area contributed by atoms with E-state index in [1.165, 1.54) is 5.56 Å². The van der Waals surface area contributed by atoms with Gasteiger partial charge in [-0.15, -0.1) is 0 Å². The van der Waals surface area contributed by atoms with Crippen molar-refractivity contribution in [2.24, 2.45) is 0 Å². The van der Waals surface area contributed by atoms with E-state index in [4.69, 9.17) is 0 Å². The van der Waals surface area contributed by atoms with Gasteiger partial charge in [0.25, 0.3) is 0 Å². The standard InChI is InChI=1S/C13H16BrN3/c1-10(2)15-7-11-5-3-4-6-13(11)17-9-12(14)8-16-17/h3-6,8-10,15H,7H2,1-2H3. The van der Waals surface area contributed by atoms with Gasteiger partial charge >= 0.3 is 0 Å². The fraction of sp³-hybridized carbons (Fsp3) is 0.308. The maximum Gasteiger partial charge on any atom is 0.0690 e. The molecule has 1 N–H and O–H groups in total. The Morgan fingerprint density at radius 3 is 2.76 bits per heavy atom. The van der Waals surface area contributed by atoms with Crippen LogP contribution in [0.1, 0.15) is 19.4 Å². The van der Waals surface area contributed by atoms with Crippen LogP contribution in [0, 0.1) is 0 Å². The number of para-hydroxylation sites is 1. The first-order chi connectivity index (χ1) is 8.16. The lowest BCUT2D eigenvalue weighted by molar-refractivity contribution is 0.586. The SMILES string of the molecule is CC(C)NCc1ccccc1-n1cc(Br)cn1. The van der Waals surface area contributed by atoms with E-state index >= 15 is 0 Å². The van der Waals surface area contributed by atoms with E-state index < -0.39 is 0 Å². The van der Waals surface area contributed by atoms with E-state index in [0.717, 1.165) is 16.7 Å². The number of rotatable bonds is 4. The number of hydrogen-bond acceptors (Lipinski definition) is 2. The van der Waals surface area contributed by atoms with Crippen molar-refractivity contribution < 1.29 is 0 Å². The average molecular weight is 294 g/mol. The molecule has 0 unspecified atom stereocenters. The Hall–Kier alpha value is -1.13. The van der Waals surface area contributed by atoms with Gasteiger partial charge in [0.1, 0.15) is 0 Å². The topological polar surface area (TPSA) is 29.9 Å². The molecule has 0 amide bonds. The smallest absolute Gasteiger partial charge is 0.0690 e. The number of hydrogen-bond donors (Lipinski definition) is 1. The van der Waals surface area contributed by atoms with E-state index in [-0.39, 0.29) is 0 Å². The van der Waals surface area contributed by atoms with Gasteiger partial charge in [-0.1, -0.05) is 32.0 Å². The number of benzene rings is 1. The predicted molar refractivity (Wildman–Crippen MR) is 73.2 cm³/mol. The zero-order valence-electron chi connectivity index (χ0n) is 10.0. The third-order valence-corrected chi connectivity index (χ3v) is 2.90. The van der Waals surface area contributed by atoms with Gasteiger partial charge in [-0.3, -0.25) is 0 Å². The normalized spacial score (nSPS) is 11.1. The first-order valence-electron chi connectivity index (χ1n) is 5.68. The summed E-state index contributed by atoms with van der Waals surface area (Å²) >= 11 is 3.42. The van der Waals surface area contributed by atoms with Crippen LogP contribution in [-0.4, -0.2) is 15.8 Å². The lowest BCUT2D eigenvalue weighted by Crippen LogP contribution is -2.22. The van der Waals surface area contributed by atoms with Crippen LogP contribution in [0.3, 0.4) is 0 Å². The maximum atomic E-state index is 4.32. The summed E-state index contributed by atoms with van der Waals surface area (Å²) in [5.74, 6) is 0. The van der Waals surface area contributed by atoms with E-state index in [9.17, 15) is 0 Å². The van der Waals surface area contributed by atoms with Gasteiger partial charge in [0.2, 0.25) is 0 Å². The molecule has 17 heavy (non-hydrogen) atoms. The van der Waals surface area contributed by atoms with Gasteiger partial charge in [0.15, 0.2) is 0 Å². The highest BCUT2D eigenvalue weighted by molar-refractivity contribution is 9.10. The molecule has 0 spiro atoms. The molecule has 0 aliphatic heterocycles. The number of halogens is 1. The Morgan fingerprint density at radius 2 is 2.12 bits per heavy atom. The van der Waals surface area contributed by atoms with Crippen LogP contribution in [-0.2, 0) is 6.54 Å². The van der Waals surface area contributed by atoms with Crippen LogP contribution in [0.25, 0.3) is 5.69 Å². The summed E-state index contributed by atoms with van der Waals surface area (Å²) in [5, 5.41) is 7.74. The summed E-state index contributed by atoms with van der Waals surface area (Å²) in [6, 6.07) is 8.77. The maximum absolute atomic E-state index is 4.32. The molecule has 4 heteroatoms. The van der Waals surface area contributed by atoms with Crippen molar-refractivity contribution in [2.75, 3.05) is 0 Å². The molecular weight excluding hydrogens is 278 g/mol. The molecule has 0 saturated carbocycles. The second-order valence-electron chi connectivity index (χ2n) is 4.27. The molecule has 1 aromatic heterocycles. The number of nitrogens with one attached hydrogen (secondary N) is 1. The molecule has 1 aromatic carbocycles. The molecule has 0 aliphatic carbocycles.